The van der Waals surface area contributed by atoms with Crippen molar-refractivity contribution in [3.05, 3.63) is 48.3 Å². The van der Waals surface area contributed by atoms with E-state index in [1.54, 1.807) is 0 Å². The van der Waals surface area contributed by atoms with Crippen molar-refractivity contribution < 1.29 is 26.0 Å². The Balaban J connectivity index is 2.28. The van der Waals surface area contributed by atoms with Crippen molar-refractivity contribution in [2.75, 3.05) is 11.3 Å². The molecule has 10 heteroatoms. The predicted molar refractivity (Wildman–Crippen MR) is 95.4 cm³/mol. The van der Waals surface area contributed by atoms with Crippen molar-refractivity contribution in [2.45, 2.75) is 29.6 Å². The minimum atomic E-state index is -4.24. The minimum absolute atomic E-state index is 0.134. The van der Waals surface area contributed by atoms with E-state index in [0.29, 0.717) is 12.4 Å². The lowest BCUT2D eigenvalue weighted by molar-refractivity contribution is 0.309. The van der Waals surface area contributed by atoms with Gasteiger partial charge in [0.1, 0.15) is 16.5 Å². The molecule has 3 N–H and O–H groups in total. The standard InChI is InChI=1S/C16H19FN2O5S2/c1-2-3-10-24-13-5-7-14(8-6-13)26(22,23)19-15-11-12(17)4-9-16(15)25(18,20)21/h4-9,11,19H,2-3,10H2,1H3,(H2,18,20,21). The highest BCUT2D eigenvalue weighted by Gasteiger charge is 2.21. The molecule has 0 aromatic heterocycles. The first-order chi connectivity index (χ1) is 12.1. The number of halogens is 1. The van der Waals surface area contributed by atoms with E-state index in [1.807, 2.05) is 6.92 Å². The van der Waals surface area contributed by atoms with Crippen molar-refractivity contribution in [1.82, 2.24) is 0 Å². The van der Waals surface area contributed by atoms with Gasteiger partial charge in [0.15, 0.2) is 0 Å². The summed E-state index contributed by atoms with van der Waals surface area (Å²) in [4.78, 5) is -0.660. The van der Waals surface area contributed by atoms with Gasteiger partial charge in [-0.25, -0.2) is 26.4 Å². The average molecular weight is 402 g/mol. The number of ether oxygens (including phenoxy) is 1. The summed E-state index contributed by atoms with van der Waals surface area (Å²) in [7, 11) is -8.39. The molecule has 2 aromatic rings. The number of unbranched alkanes of at least 4 members (excludes halogenated alkanes) is 1. The molecule has 0 saturated heterocycles. The molecular weight excluding hydrogens is 383 g/mol. The number of benzene rings is 2. The highest BCUT2D eigenvalue weighted by Crippen LogP contribution is 2.25. The van der Waals surface area contributed by atoms with Crippen molar-refractivity contribution >= 4 is 25.7 Å². The number of nitrogens with two attached hydrogens (primary N) is 1. The molecule has 0 bridgehead atoms. The first kappa shape index (κ1) is 20.1. The third-order valence-corrected chi connectivity index (χ3v) is 5.74. The fourth-order valence-electron chi connectivity index (χ4n) is 2.08. The van der Waals surface area contributed by atoms with Crippen molar-refractivity contribution in [1.29, 1.82) is 0 Å². The molecule has 0 amide bonds. The molecule has 2 rings (SSSR count). The lowest BCUT2D eigenvalue weighted by atomic mass is 10.3. The van der Waals surface area contributed by atoms with Crippen LogP contribution in [0.2, 0.25) is 0 Å². The molecule has 0 aliphatic rings. The average Bonchev–Trinajstić information content (AvgIpc) is 2.54. The fourth-order valence-corrected chi connectivity index (χ4v) is 3.89. The molecule has 0 heterocycles. The quantitative estimate of drug-likeness (QED) is 0.658. The summed E-state index contributed by atoms with van der Waals surface area (Å²) in [5, 5.41) is 5.04. The van der Waals surface area contributed by atoms with E-state index in [2.05, 4.69) is 4.72 Å². The van der Waals surface area contributed by atoms with Crippen molar-refractivity contribution in [3.63, 3.8) is 0 Å². The zero-order valence-electron chi connectivity index (χ0n) is 14.0. The summed E-state index contributed by atoms with van der Waals surface area (Å²) in [6.45, 7) is 2.54. The van der Waals surface area contributed by atoms with Crippen LogP contribution in [0.4, 0.5) is 10.1 Å². The van der Waals surface area contributed by atoms with Crippen LogP contribution in [0.25, 0.3) is 0 Å². The molecular formula is C16H19FN2O5S2. The van der Waals surface area contributed by atoms with Crippen LogP contribution in [0.5, 0.6) is 5.75 Å². The summed E-state index contributed by atoms with van der Waals surface area (Å²) in [6, 6.07) is 8.10. The minimum Gasteiger partial charge on any atom is -0.494 e. The van der Waals surface area contributed by atoms with Gasteiger partial charge in [-0.2, -0.15) is 0 Å². The highest BCUT2D eigenvalue weighted by molar-refractivity contribution is 7.93. The monoisotopic (exact) mass is 402 g/mol. The van der Waals surface area contributed by atoms with E-state index in [-0.39, 0.29) is 4.90 Å². The first-order valence-corrected chi connectivity index (χ1v) is 10.7. The van der Waals surface area contributed by atoms with Crippen molar-refractivity contribution in [3.8, 4) is 5.75 Å². The predicted octanol–water partition coefficient (Wildman–Crippen LogP) is 2.45. The van der Waals surface area contributed by atoms with E-state index < -0.39 is 36.4 Å². The molecule has 0 unspecified atom stereocenters. The molecule has 0 fully saturated rings. The molecule has 0 aliphatic heterocycles. The fraction of sp³-hybridized carbons (Fsp3) is 0.250. The third-order valence-electron chi connectivity index (χ3n) is 3.39. The smallest absolute Gasteiger partial charge is 0.261 e. The normalized spacial score (nSPS) is 12.0. The molecule has 26 heavy (non-hydrogen) atoms. The van der Waals surface area contributed by atoms with Gasteiger partial charge in [-0.15, -0.1) is 0 Å². The molecule has 0 saturated carbocycles. The van der Waals surface area contributed by atoms with E-state index in [9.17, 15) is 21.2 Å². The Bertz CT molecular complexity index is 974. The Hall–Kier alpha value is -2.17. The van der Waals surface area contributed by atoms with Gasteiger partial charge >= 0.3 is 0 Å². The molecule has 0 atom stereocenters. The van der Waals surface area contributed by atoms with Crippen LogP contribution in [0.1, 0.15) is 19.8 Å². The van der Waals surface area contributed by atoms with Crippen LogP contribution in [0.3, 0.4) is 0 Å². The summed E-state index contributed by atoms with van der Waals surface area (Å²) in [6.07, 6.45) is 1.84. The van der Waals surface area contributed by atoms with Crippen LogP contribution < -0.4 is 14.6 Å². The molecule has 142 valence electrons. The van der Waals surface area contributed by atoms with Gasteiger partial charge in [0.25, 0.3) is 10.0 Å². The summed E-state index contributed by atoms with van der Waals surface area (Å²) >= 11 is 0. The topological polar surface area (TPSA) is 116 Å². The second-order valence-electron chi connectivity index (χ2n) is 5.46. The van der Waals surface area contributed by atoms with Gasteiger partial charge in [-0.05, 0) is 48.9 Å². The van der Waals surface area contributed by atoms with Crippen LogP contribution in [-0.2, 0) is 20.0 Å². The maximum Gasteiger partial charge on any atom is 0.261 e. The largest absolute Gasteiger partial charge is 0.494 e. The molecule has 7 nitrogen and oxygen atoms in total. The Morgan fingerprint density at radius 1 is 1.08 bits per heavy atom. The number of anilines is 1. The molecule has 0 radical (unpaired) electrons. The van der Waals surface area contributed by atoms with Gasteiger partial charge in [-0.1, -0.05) is 13.3 Å². The third kappa shape index (κ3) is 5.16. The number of sulfonamides is 2. The van der Waals surface area contributed by atoms with E-state index in [4.69, 9.17) is 9.88 Å². The van der Waals surface area contributed by atoms with Crippen LogP contribution in [0, 0.1) is 5.82 Å². The van der Waals surface area contributed by atoms with Crippen LogP contribution in [0.15, 0.2) is 52.3 Å². The Kier molecular flexibility index (Phi) is 6.21. The van der Waals surface area contributed by atoms with Crippen molar-refractivity contribution in [2.24, 2.45) is 5.14 Å². The SMILES string of the molecule is CCCCOc1ccc(S(=O)(=O)Nc2cc(F)ccc2S(N)(=O)=O)cc1. The van der Waals surface area contributed by atoms with E-state index in [0.717, 1.165) is 31.0 Å². The zero-order valence-corrected chi connectivity index (χ0v) is 15.6. The number of rotatable bonds is 8. The van der Waals surface area contributed by atoms with Gasteiger partial charge in [0.2, 0.25) is 10.0 Å². The second-order valence-corrected chi connectivity index (χ2v) is 8.68. The van der Waals surface area contributed by atoms with Gasteiger partial charge in [-0.3, -0.25) is 4.72 Å². The lowest BCUT2D eigenvalue weighted by Gasteiger charge is -2.12. The van der Waals surface area contributed by atoms with Gasteiger partial charge in [0, 0.05) is 0 Å². The first-order valence-electron chi connectivity index (χ1n) is 7.71. The van der Waals surface area contributed by atoms with Gasteiger partial charge in [0.05, 0.1) is 17.2 Å². The Labute approximate surface area is 152 Å². The molecule has 0 aliphatic carbocycles. The summed E-state index contributed by atoms with van der Waals surface area (Å²) in [5.74, 6) is -0.303. The number of nitrogens with one attached hydrogen (secondary N) is 1. The lowest BCUT2D eigenvalue weighted by Crippen LogP contribution is -2.19. The highest BCUT2D eigenvalue weighted by atomic mass is 32.2. The van der Waals surface area contributed by atoms with E-state index >= 15 is 0 Å². The number of hydrogen-bond donors (Lipinski definition) is 2. The Morgan fingerprint density at radius 3 is 2.31 bits per heavy atom. The maximum atomic E-state index is 13.4. The van der Waals surface area contributed by atoms with Crippen LogP contribution in [-0.4, -0.2) is 23.4 Å². The number of hydrogen-bond acceptors (Lipinski definition) is 5. The summed E-state index contributed by atoms with van der Waals surface area (Å²) < 4.78 is 69.0. The molecule has 0 spiro atoms. The maximum absolute atomic E-state index is 13.4. The number of primary sulfonamides is 1. The zero-order chi connectivity index (χ0) is 19.4. The van der Waals surface area contributed by atoms with E-state index in [1.165, 1.54) is 24.3 Å². The summed E-state index contributed by atoms with van der Waals surface area (Å²) in [5.41, 5.74) is -0.462. The second kappa shape index (κ2) is 8.02. The van der Waals surface area contributed by atoms with Gasteiger partial charge < -0.3 is 4.74 Å². The molecule has 2 aromatic carbocycles. The van der Waals surface area contributed by atoms with Crippen LogP contribution >= 0.6 is 0 Å². The Morgan fingerprint density at radius 2 is 1.73 bits per heavy atom.